The van der Waals surface area contributed by atoms with Gasteiger partial charge in [-0.2, -0.15) is 0 Å². The van der Waals surface area contributed by atoms with Gasteiger partial charge in [-0.05, 0) is 35.6 Å². The van der Waals surface area contributed by atoms with Gasteiger partial charge in [-0.1, -0.05) is 61.9 Å². The van der Waals surface area contributed by atoms with Crippen LogP contribution in [0, 0.1) is 0 Å². The van der Waals surface area contributed by atoms with E-state index in [9.17, 15) is 19.5 Å². The Morgan fingerprint density at radius 2 is 1.62 bits per heavy atom. The Hall–Kier alpha value is -3.39. The van der Waals surface area contributed by atoms with Gasteiger partial charge >= 0.3 is 12.1 Å². The molecule has 0 fully saturated rings. The Morgan fingerprint density at radius 3 is 2.18 bits per heavy atom. The topological polar surface area (TPSA) is 114 Å². The lowest BCUT2D eigenvalue weighted by Crippen LogP contribution is -2.49. The molecule has 34 heavy (non-hydrogen) atoms. The highest BCUT2D eigenvalue weighted by molar-refractivity contribution is 5.89. The van der Waals surface area contributed by atoms with Gasteiger partial charge in [0.05, 0.1) is 12.5 Å². The van der Waals surface area contributed by atoms with Crippen molar-refractivity contribution in [3.63, 3.8) is 0 Å². The fourth-order valence-corrected chi connectivity index (χ4v) is 4.31. The molecule has 8 nitrogen and oxygen atoms in total. The summed E-state index contributed by atoms with van der Waals surface area (Å²) in [7, 11) is 0. The van der Waals surface area contributed by atoms with E-state index in [1.165, 1.54) is 0 Å². The Kier molecular flexibility index (Phi) is 9.04. The van der Waals surface area contributed by atoms with E-state index in [4.69, 9.17) is 9.47 Å². The molecule has 0 heterocycles. The molecule has 8 heteroatoms. The minimum atomic E-state index is -1.25. The molecular weight excluding hydrogens is 436 g/mol. The van der Waals surface area contributed by atoms with Crippen LogP contribution in [0.1, 0.15) is 50.2 Å². The number of nitrogens with one attached hydrogen (secondary N) is 2. The number of rotatable bonds is 12. The monoisotopic (exact) mass is 468 g/mol. The first-order chi connectivity index (χ1) is 16.4. The number of alkyl carbamates (subject to hydrolysis) is 1. The maximum absolute atomic E-state index is 12.6. The number of hydrogen-bond acceptors (Lipinski definition) is 5. The van der Waals surface area contributed by atoms with Crippen molar-refractivity contribution in [2.75, 3.05) is 19.8 Å². The summed E-state index contributed by atoms with van der Waals surface area (Å²) in [5.74, 6) is -1.92. The third-order valence-corrected chi connectivity index (χ3v) is 5.85. The van der Waals surface area contributed by atoms with Crippen molar-refractivity contribution in [3.8, 4) is 11.1 Å². The lowest BCUT2D eigenvalue weighted by molar-refractivity contribution is -0.139. The highest BCUT2D eigenvalue weighted by Gasteiger charge is 2.30. The lowest BCUT2D eigenvalue weighted by Gasteiger charge is -2.21. The normalized spacial score (nSPS) is 13.9. The molecule has 0 spiro atoms. The predicted octanol–water partition coefficient (Wildman–Crippen LogP) is 3.69. The van der Waals surface area contributed by atoms with Crippen LogP contribution in [0.4, 0.5) is 4.79 Å². The number of benzene rings is 2. The SMILES string of the molecule is CCCC(CNC(=O)C(CC(=O)O)NC(=O)OCC1c2ccccc2-c2ccccc21)OCC. The van der Waals surface area contributed by atoms with Gasteiger partial charge in [0.15, 0.2) is 0 Å². The van der Waals surface area contributed by atoms with Crippen molar-refractivity contribution in [1.82, 2.24) is 10.6 Å². The maximum Gasteiger partial charge on any atom is 0.407 e. The lowest BCUT2D eigenvalue weighted by atomic mass is 9.98. The number of carbonyl (C=O) groups excluding carboxylic acids is 2. The maximum atomic E-state index is 12.6. The summed E-state index contributed by atoms with van der Waals surface area (Å²) in [5.41, 5.74) is 4.33. The van der Waals surface area contributed by atoms with Crippen LogP contribution < -0.4 is 10.6 Å². The molecule has 0 aliphatic heterocycles. The summed E-state index contributed by atoms with van der Waals surface area (Å²) in [6.07, 6.45) is 0.0922. The molecule has 0 saturated carbocycles. The minimum Gasteiger partial charge on any atom is -0.481 e. The van der Waals surface area contributed by atoms with Crippen molar-refractivity contribution in [3.05, 3.63) is 59.7 Å². The average molecular weight is 469 g/mol. The third-order valence-electron chi connectivity index (χ3n) is 5.85. The zero-order valence-electron chi connectivity index (χ0n) is 19.6. The van der Waals surface area contributed by atoms with Crippen LogP contribution in [0.3, 0.4) is 0 Å². The molecule has 2 aromatic carbocycles. The minimum absolute atomic E-state index is 0.0736. The zero-order chi connectivity index (χ0) is 24.5. The van der Waals surface area contributed by atoms with Gasteiger partial charge in [0.2, 0.25) is 5.91 Å². The number of aliphatic carboxylic acids is 1. The summed E-state index contributed by atoms with van der Waals surface area (Å²) in [5, 5.41) is 14.3. The molecule has 3 N–H and O–H groups in total. The fourth-order valence-electron chi connectivity index (χ4n) is 4.31. The molecule has 0 radical (unpaired) electrons. The van der Waals surface area contributed by atoms with E-state index in [1.54, 1.807) is 0 Å². The van der Waals surface area contributed by atoms with Gasteiger partial charge in [0, 0.05) is 19.1 Å². The second-order valence-corrected chi connectivity index (χ2v) is 8.23. The summed E-state index contributed by atoms with van der Waals surface area (Å²) in [6, 6.07) is 14.7. The van der Waals surface area contributed by atoms with Crippen LogP contribution >= 0.6 is 0 Å². The van der Waals surface area contributed by atoms with Gasteiger partial charge in [-0.15, -0.1) is 0 Å². The van der Waals surface area contributed by atoms with Crippen LogP contribution in [-0.2, 0) is 19.1 Å². The van der Waals surface area contributed by atoms with E-state index < -0.39 is 30.4 Å². The van der Waals surface area contributed by atoms with Crippen molar-refractivity contribution in [1.29, 1.82) is 0 Å². The van der Waals surface area contributed by atoms with Crippen LogP contribution in [0.2, 0.25) is 0 Å². The van der Waals surface area contributed by atoms with E-state index in [-0.39, 0.29) is 25.2 Å². The Labute approximate surface area is 199 Å². The summed E-state index contributed by atoms with van der Waals surface area (Å²) >= 11 is 0. The molecule has 2 aromatic rings. The zero-order valence-corrected chi connectivity index (χ0v) is 19.6. The van der Waals surface area contributed by atoms with Crippen LogP contribution in [0.5, 0.6) is 0 Å². The number of carbonyl (C=O) groups is 3. The second kappa shape index (κ2) is 12.2. The van der Waals surface area contributed by atoms with Crippen LogP contribution in [-0.4, -0.2) is 55.0 Å². The van der Waals surface area contributed by atoms with Crippen LogP contribution in [0.25, 0.3) is 11.1 Å². The molecule has 2 atom stereocenters. The quantitative estimate of drug-likeness (QED) is 0.438. The molecular formula is C26H32N2O6. The largest absolute Gasteiger partial charge is 0.481 e. The third kappa shape index (κ3) is 6.35. The Bertz CT molecular complexity index is 957. The smallest absolute Gasteiger partial charge is 0.407 e. The van der Waals surface area contributed by atoms with Gasteiger partial charge < -0.3 is 25.2 Å². The van der Waals surface area contributed by atoms with Crippen LogP contribution in [0.15, 0.2) is 48.5 Å². The van der Waals surface area contributed by atoms with Gasteiger partial charge in [0.1, 0.15) is 12.6 Å². The Balaban J connectivity index is 1.61. The molecule has 1 aliphatic carbocycles. The van der Waals surface area contributed by atoms with E-state index in [0.29, 0.717) is 6.61 Å². The molecule has 0 saturated heterocycles. The number of amides is 2. The number of carboxylic acids is 1. The number of fused-ring (bicyclic) bond motifs is 3. The summed E-state index contributed by atoms with van der Waals surface area (Å²) in [6.45, 7) is 4.71. The van der Waals surface area contributed by atoms with Gasteiger partial charge in [0.25, 0.3) is 0 Å². The molecule has 3 rings (SSSR count). The van der Waals surface area contributed by atoms with E-state index >= 15 is 0 Å². The molecule has 0 aromatic heterocycles. The summed E-state index contributed by atoms with van der Waals surface area (Å²) in [4.78, 5) is 36.4. The number of carboxylic acid groups (broad SMARTS) is 1. The first-order valence-corrected chi connectivity index (χ1v) is 11.7. The predicted molar refractivity (Wildman–Crippen MR) is 128 cm³/mol. The van der Waals surface area contributed by atoms with Crippen molar-refractivity contribution in [2.45, 2.75) is 51.2 Å². The Morgan fingerprint density at radius 1 is 1.00 bits per heavy atom. The molecule has 1 aliphatic rings. The van der Waals surface area contributed by atoms with Crippen molar-refractivity contribution in [2.24, 2.45) is 0 Å². The molecule has 2 amide bonds. The summed E-state index contributed by atoms with van der Waals surface area (Å²) < 4.78 is 11.0. The molecule has 182 valence electrons. The van der Waals surface area contributed by atoms with Gasteiger partial charge in [-0.25, -0.2) is 4.79 Å². The van der Waals surface area contributed by atoms with Crippen molar-refractivity contribution < 1.29 is 29.0 Å². The van der Waals surface area contributed by atoms with E-state index in [0.717, 1.165) is 35.1 Å². The number of ether oxygens (including phenoxy) is 2. The average Bonchev–Trinajstić information content (AvgIpc) is 3.14. The molecule has 0 bridgehead atoms. The van der Waals surface area contributed by atoms with E-state index in [2.05, 4.69) is 10.6 Å². The molecule has 2 unspecified atom stereocenters. The highest BCUT2D eigenvalue weighted by atomic mass is 16.5. The standard InChI is InChI=1S/C26H32N2O6/c1-3-9-17(33-4-2)15-27-25(31)23(14-24(29)30)28-26(32)34-16-22-20-12-7-5-10-18(20)19-11-6-8-13-21(19)22/h5-8,10-13,17,22-23H,3-4,9,14-16H2,1-2H3,(H,27,31)(H,28,32)(H,29,30). The number of hydrogen-bond donors (Lipinski definition) is 3. The van der Waals surface area contributed by atoms with Gasteiger partial charge in [-0.3, -0.25) is 9.59 Å². The van der Waals surface area contributed by atoms with Crippen molar-refractivity contribution >= 4 is 18.0 Å². The fraction of sp³-hybridized carbons (Fsp3) is 0.423. The second-order valence-electron chi connectivity index (χ2n) is 8.23. The first kappa shape index (κ1) is 25.2. The first-order valence-electron chi connectivity index (χ1n) is 11.7. The highest BCUT2D eigenvalue weighted by Crippen LogP contribution is 2.44. The van der Waals surface area contributed by atoms with E-state index in [1.807, 2.05) is 62.4 Å².